The highest BCUT2D eigenvalue weighted by Gasteiger charge is 2.16. The van der Waals surface area contributed by atoms with E-state index in [-0.39, 0.29) is 30.7 Å². The van der Waals surface area contributed by atoms with Gasteiger partial charge in [-0.15, -0.1) is 36.2 Å². The van der Waals surface area contributed by atoms with E-state index in [2.05, 4.69) is 15.6 Å². The highest BCUT2D eigenvalue weighted by molar-refractivity contribution is 7.13. The number of hydrogen-bond acceptors (Lipinski definition) is 4. The summed E-state index contributed by atoms with van der Waals surface area (Å²) in [4.78, 5) is 16.9. The van der Waals surface area contributed by atoms with Crippen LogP contribution in [0.2, 0.25) is 0 Å². The van der Waals surface area contributed by atoms with Crippen LogP contribution >= 0.6 is 36.2 Å². The minimum absolute atomic E-state index is 0. The fraction of sp³-hybridized carbons (Fsp3) is 0.667. The molecule has 1 aromatic rings. The van der Waals surface area contributed by atoms with Gasteiger partial charge in [-0.25, -0.2) is 4.98 Å². The zero-order valence-electron chi connectivity index (χ0n) is 11.2. The van der Waals surface area contributed by atoms with Crippen LogP contribution in [0.25, 0.3) is 0 Å². The van der Waals surface area contributed by atoms with E-state index in [1.165, 1.54) is 24.2 Å². The number of hydrogen-bond donors (Lipinski definition) is 2. The van der Waals surface area contributed by atoms with Crippen LogP contribution in [-0.2, 0) is 0 Å². The number of carbonyl (C=O) groups excluding carboxylic acids is 1. The summed E-state index contributed by atoms with van der Waals surface area (Å²) in [5.41, 5.74) is 0.837. The number of nitrogens with zero attached hydrogens (tertiary/aromatic N) is 1. The molecule has 1 aliphatic heterocycles. The third kappa shape index (κ3) is 5.26. The molecule has 110 valence electrons. The summed E-state index contributed by atoms with van der Waals surface area (Å²) < 4.78 is 0. The Morgan fingerprint density at radius 2 is 2.21 bits per heavy atom. The molecule has 0 spiro atoms. The molecule has 7 heteroatoms. The Morgan fingerprint density at radius 3 is 2.74 bits per heavy atom. The van der Waals surface area contributed by atoms with Gasteiger partial charge in [-0.1, -0.05) is 0 Å². The van der Waals surface area contributed by atoms with Gasteiger partial charge in [0.05, 0.1) is 10.7 Å². The van der Waals surface area contributed by atoms with Gasteiger partial charge in [0, 0.05) is 12.6 Å². The summed E-state index contributed by atoms with van der Waals surface area (Å²) in [6.45, 7) is 5.67. The van der Waals surface area contributed by atoms with Crippen molar-refractivity contribution in [2.45, 2.75) is 39.2 Å². The Balaban J connectivity index is 0.00000162. The number of rotatable bonds is 4. The van der Waals surface area contributed by atoms with Crippen LogP contribution < -0.4 is 10.6 Å². The first kappa shape index (κ1) is 18.6. The van der Waals surface area contributed by atoms with Crippen molar-refractivity contribution in [2.75, 3.05) is 13.1 Å². The molecule has 1 atom stereocenters. The number of halogens is 2. The van der Waals surface area contributed by atoms with Gasteiger partial charge in [-0.05, 0) is 39.7 Å². The Morgan fingerprint density at radius 1 is 1.47 bits per heavy atom. The van der Waals surface area contributed by atoms with Crippen molar-refractivity contribution in [3.63, 3.8) is 0 Å². The van der Waals surface area contributed by atoms with Crippen molar-refractivity contribution in [2.24, 2.45) is 0 Å². The fourth-order valence-corrected chi connectivity index (χ4v) is 3.02. The van der Waals surface area contributed by atoms with E-state index in [0.717, 1.165) is 35.1 Å². The molecule has 0 unspecified atom stereocenters. The Kier molecular flexibility index (Phi) is 8.57. The lowest BCUT2D eigenvalue weighted by Crippen LogP contribution is -2.30. The van der Waals surface area contributed by atoms with Crippen molar-refractivity contribution in [1.82, 2.24) is 15.6 Å². The summed E-state index contributed by atoms with van der Waals surface area (Å²) in [5.74, 6) is 0.0195. The molecule has 19 heavy (non-hydrogen) atoms. The monoisotopic (exact) mass is 325 g/mol. The van der Waals surface area contributed by atoms with Crippen molar-refractivity contribution in [1.29, 1.82) is 0 Å². The zero-order chi connectivity index (χ0) is 12.3. The second-order valence-corrected chi connectivity index (χ2v) is 5.69. The van der Waals surface area contributed by atoms with Gasteiger partial charge in [0.1, 0.15) is 4.88 Å². The topological polar surface area (TPSA) is 54.0 Å². The SMILES string of the molecule is Cc1nc(C)c(C(=O)NCC[C@H]2CCCN2)s1.Cl.Cl. The second-order valence-electron chi connectivity index (χ2n) is 4.49. The minimum atomic E-state index is 0. The van der Waals surface area contributed by atoms with E-state index in [9.17, 15) is 4.79 Å². The summed E-state index contributed by atoms with van der Waals surface area (Å²) in [6, 6.07) is 0.583. The predicted octanol–water partition coefficient (Wildman–Crippen LogP) is 2.48. The van der Waals surface area contributed by atoms with Gasteiger partial charge >= 0.3 is 0 Å². The van der Waals surface area contributed by atoms with E-state index < -0.39 is 0 Å². The summed E-state index contributed by atoms with van der Waals surface area (Å²) >= 11 is 1.47. The summed E-state index contributed by atoms with van der Waals surface area (Å²) in [5, 5.41) is 7.35. The molecule has 2 heterocycles. The third-order valence-electron chi connectivity index (χ3n) is 3.05. The number of carbonyl (C=O) groups is 1. The van der Waals surface area contributed by atoms with Crippen LogP contribution in [-0.4, -0.2) is 30.0 Å². The quantitative estimate of drug-likeness (QED) is 0.894. The molecule has 0 radical (unpaired) electrons. The van der Waals surface area contributed by atoms with Gasteiger partial charge < -0.3 is 10.6 Å². The lowest BCUT2D eigenvalue weighted by Gasteiger charge is -2.10. The standard InChI is InChI=1S/C12H19N3OS.2ClH/c1-8-11(17-9(2)15-8)12(16)14-7-5-10-4-3-6-13-10;;/h10,13H,3-7H2,1-2H3,(H,14,16);2*1H/t10-;;/m1../s1. The maximum absolute atomic E-state index is 11.9. The van der Waals surface area contributed by atoms with E-state index in [4.69, 9.17) is 0 Å². The first-order valence-electron chi connectivity index (χ1n) is 6.12. The predicted molar refractivity (Wildman–Crippen MR) is 84.1 cm³/mol. The van der Waals surface area contributed by atoms with Crippen LogP contribution in [0, 0.1) is 13.8 Å². The average molecular weight is 326 g/mol. The molecule has 0 saturated carbocycles. The number of aryl methyl sites for hydroxylation is 2. The van der Waals surface area contributed by atoms with Crippen LogP contribution in [0.5, 0.6) is 0 Å². The highest BCUT2D eigenvalue weighted by Crippen LogP contribution is 2.16. The molecule has 1 saturated heterocycles. The van der Waals surface area contributed by atoms with Gasteiger partial charge in [0.2, 0.25) is 0 Å². The zero-order valence-corrected chi connectivity index (χ0v) is 13.6. The lowest BCUT2D eigenvalue weighted by molar-refractivity contribution is 0.0955. The van der Waals surface area contributed by atoms with Crippen molar-refractivity contribution in [3.05, 3.63) is 15.6 Å². The largest absolute Gasteiger partial charge is 0.351 e. The minimum Gasteiger partial charge on any atom is -0.351 e. The van der Waals surface area contributed by atoms with E-state index in [1.807, 2.05) is 13.8 Å². The summed E-state index contributed by atoms with van der Waals surface area (Å²) in [7, 11) is 0. The van der Waals surface area contributed by atoms with Gasteiger partial charge in [-0.2, -0.15) is 0 Å². The first-order valence-corrected chi connectivity index (χ1v) is 6.94. The van der Waals surface area contributed by atoms with E-state index >= 15 is 0 Å². The highest BCUT2D eigenvalue weighted by atomic mass is 35.5. The molecule has 0 aliphatic carbocycles. The maximum atomic E-state index is 11.9. The van der Waals surface area contributed by atoms with E-state index in [0.29, 0.717) is 6.04 Å². The smallest absolute Gasteiger partial charge is 0.263 e. The van der Waals surface area contributed by atoms with Crippen LogP contribution in [0.4, 0.5) is 0 Å². The van der Waals surface area contributed by atoms with Crippen LogP contribution in [0.3, 0.4) is 0 Å². The maximum Gasteiger partial charge on any atom is 0.263 e. The molecule has 0 aromatic carbocycles. The molecule has 0 bridgehead atoms. The second kappa shape index (κ2) is 8.74. The van der Waals surface area contributed by atoms with Gasteiger partial charge in [0.25, 0.3) is 5.91 Å². The first-order chi connectivity index (χ1) is 8.16. The Labute approximate surface area is 130 Å². The van der Waals surface area contributed by atoms with Crippen LogP contribution in [0.15, 0.2) is 0 Å². The lowest BCUT2D eigenvalue weighted by atomic mass is 10.1. The normalized spacial score (nSPS) is 17.5. The third-order valence-corrected chi connectivity index (χ3v) is 4.12. The molecular weight excluding hydrogens is 305 g/mol. The summed E-state index contributed by atoms with van der Waals surface area (Å²) in [6.07, 6.45) is 3.50. The molecule has 1 fully saturated rings. The molecule has 4 nitrogen and oxygen atoms in total. The molecule has 2 N–H and O–H groups in total. The molecule has 2 rings (SSSR count). The Bertz CT molecular complexity index is 406. The molecule has 1 aromatic heterocycles. The average Bonchev–Trinajstić information content (AvgIpc) is 2.88. The fourth-order valence-electron chi connectivity index (χ4n) is 2.19. The number of aromatic nitrogens is 1. The van der Waals surface area contributed by atoms with Crippen molar-refractivity contribution >= 4 is 42.1 Å². The molecule has 1 aliphatic rings. The van der Waals surface area contributed by atoms with Crippen molar-refractivity contribution < 1.29 is 4.79 Å². The number of amides is 1. The van der Waals surface area contributed by atoms with Crippen LogP contribution in [0.1, 0.15) is 39.6 Å². The van der Waals surface area contributed by atoms with Gasteiger partial charge in [-0.3, -0.25) is 4.79 Å². The Hall–Kier alpha value is -0.360. The van der Waals surface area contributed by atoms with E-state index in [1.54, 1.807) is 0 Å². The van der Waals surface area contributed by atoms with Crippen molar-refractivity contribution in [3.8, 4) is 0 Å². The molecular formula is C12H21Cl2N3OS. The molecule has 1 amide bonds. The van der Waals surface area contributed by atoms with Gasteiger partial charge in [0.15, 0.2) is 0 Å². The number of thiazole rings is 1. The number of nitrogens with one attached hydrogen (secondary N) is 2.